The molecule has 1 atom stereocenters. The molecule has 0 amide bonds. The molecule has 0 aliphatic carbocycles. The Morgan fingerprint density at radius 1 is 1.21 bits per heavy atom. The Morgan fingerprint density at radius 3 is 2.69 bits per heavy atom. The molecule has 1 aliphatic rings. The van der Waals surface area contributed by atoms with Crippen molar-refractivity contribution in [1.82, 2.24) is 4.98 Å². The number of hydrogen-bond donors (Lipinski definition) is 2. The zero-order valence-electron chi connectivity index (χ0n) is 15.8. The van der Waals surface area contributed by atoms with Crippen molar-refractivity contribution in [2.75, 3.05) is 25.1 Å². The van der Waals surface area contributed by atoms with Crippen molar-refractivity contribution < 1.29 is 19.3 Å². The molecule has 7 heteroatoms. The van der Waals surface area contributed by atoms with E-state index < -0.39 is 11.9 Å². The maximum atomic E-state index is 14.6. The van der Waals surface area contributed by atoms with E-state index in [4.69, 9.17) is 16.3 Å². The normalized spacial score (nSPS) is 16.3. The van der Waals surface area contributed by atoms with Crippen LogP contribution in [-0.2, 0) is 0 Å². The van der Waals surface area contributed by atoms with Crippen LogP contribution in [0.25, 0.3) is 22.4 Å². The molecule has 2 heterocycles. The number of hydrogen-bond acceptors (Lipinski definition) is 5. The van der Waals surface area contributed by atoms with Gasteiger partial charge >= 0.3 is 0 Å². The van der Waals surface area contributed by atoms with Gasteiger partial charge in [-0.1, -0.05) is 17.7 Å². The third-order valence-corrected chi connectivity index (χ3v) is 5.35. The van der Waals surface area contributed by atoms with Crippen LogP contribution < -0.4 is 9.64 Å². The number of anilines is 1. The molecule has 3 aromatic rings. The first-order valence-corrected chi connectivity index (χ1v) is 9.61. The number of ether oxygens (including phenoxy) is 1. The highest BCUT2D eigenvalue weighted by molar-refractivity contribution is 6.33. The fraction of sp³-hybridized carbons (Fsp3) is 0.227. The molecule has 0 spiro atoms. The molecule has 150 valence electrons. The van der Waals surface area contributed by atoms with Crippen LogP contribution in [0.2, 0.25) is 5.02 Å². The molecule has 1 aliphatic heterocycles. The van der Waals surface area contributed by atoms with Crippen LogP contribution in [0.15, 0.2) is 48.5 Å². The monoisotopic (exact) mass is 414 g/mol. The second kappa shape index (κ2) is 7.89. The lowest BCUT2D eigenvalue weighted by atomic mass is 10.0. The quantitative estimate of drug-likeness (QED) is 0.658. The number of pyridine rings is 1. The smallest absolute Gasteiger partial charge is 0.132 e. The van der Waals surface area contributed by atoms with Crippen LogP contribution in [0.5, 0.6) is 11.5 Å². The van der Waals surface area contributed by atoms with Crippen LogP contribution in [0.3, 0.4) is 0 Å². The van der Waals surface area contributed by atoms with E-state index in [0.717, 1.165) is 0 Å². The van der Waals surface area contributed by atoms with Gasteiger partial charge in [0.2, 0.25) is 0 Å². The summed E-state index contributed by atoms with van der Waals surface area (Å²) in [7, 11) is 1.52. The van der Waals surface area contributed by atoms with Crippen LogP contribution in [0.4, 0.5) is 10.2 Å². The number of β-amino-alcohol motifs (C(OH)–C–C–N with tert-alkyl or cyclic N) is 1. The van der Waals surface area contributed by atoms with Gasteiger partial charge < -0.3 is 19.8 Å². The van der Waals surface area contributed by atoms with Gasteiger partial charge in [-0.3, -0.25) is 0 Å². The van der Waals surface area contributed by atoms with Crippen molar-refractivity contribution in [3.8, 4) is 33.9 Å². The molecule has 0 saturated carbocycles. The molecule has 1 aromatic heterocycles. The summed E-state index contributed by atoms with van der Waals surface area (Å²) in [4.78, 5) is 6.61. The molecule has 2 aromatic carbocycles. The Hall–Kier alpha value is -2.83. The van der Waals surface area contributed by atoms with Crippen molar-refractivity contribution in [2.45, 2.75) is 12.5 Å². The largest absolute Gasteiger partial charge is 0.507 e. The van der Waals surface area contributed by atoms with Gasteiger partial charge in [0.1, 0.15) is 23.1 Å². The Kier molecular flexibility index (Phi) is 5.30. The maximum absolute atomic E-state index is 14.6. The predicted octanol–water partition coefficient (Wildman–Crippen LogP) is 4.49. The summed E-state index contributed by atoms with van der Waals surface area (Å²) in [6.07, 6.45) is 0.200. The minimum absolute atomic E-state index is 0.000960. The van der Waals surface area contributed by atoms with E-state index in [1.165, 1.54) is 19.2 Å². The Balaban J connectivity index is 1.89. The number of methoxy groups -OCH3 is 1. The number of phenols is 1. The highest BCUT2D eigenvalue weighted by atomic mass is 35.5. The SMILES string of the molecule is COc1ccc(-c2cc(-c3c(F)cccc3Cl)cc(N3CCC(O)C3)n2)c(O)c1. The Bertz CT molecular complexity index is 1040. The lowest BCUT2D eigenvalue weighted by Crippen LogP contribution is -2.22. The summed E-state index contributed by atoms with van der Waals surface area (Å²) in [5.41, 5.74) is 1.77. The minimum atomic E-state index is -0.444. The predicted molar refractivity (Wildman–Crippen MR) is 111 cm³/mol. The van der Waals surface area contributed by atoms with Crippen LogP contribution in [0, 0.1) is 5.82 Å². The number of benzene rings is 2. The summed E-state index contributed by atoms with van der Waals surface area (Å²) < 4.78 is 19.7. The summed E-state index contributed by atoms with van der Waals surface area (Å²) in [5.74, 6) is 0.660. The van der Waals surface area contributed by atoms with Crippen molar-refractivity contribution in [3.63, 3.8) is 0 Å². The first kappa shape index (κ1) is 19.5. The molecule has 0 bridgehead atoms. The molecule has 5 nitrogen and oxygen atoms in total. The summed E-state index contributed by atoms with van der Waals surface area (Å²) in [6, 6.07) is 12.9. The van der Waals surface area contributed by atoms with Gasteiger partial charge in [0, 0.05) is 30.3 Å². The van der Waals surface area contributed by atoms with E-state index >= 15 is 0 Å². The average molecular weight is 415 g/mol. The molecule has 1 unspecified atom stereocenters. The van der Waals surface area contributed by atoms with Gasteiger partial charge in [0.05, 0.1) is 23.9 Å². The topological polar surface area (TPSA) is 65.8 Å². The van der Waals surface area contributed by atoms with E-state index in [9.17, 15) is 14.6 Å². The van der Waals surface area contributed by atoms with Gasteiger partial charge in [0.25, 0.3) is 0 Å². The number of aliphatic hydroxyl groups is 1. The van der Waals surface area contributed by atoms with E-state index in [2.05, 4.69) is 4.98 Å². The molecule has 0 radical (unpaired) electrons. The zero-order valence-corrected chi connectivity index (χ0v) is 16.5. The van der Waals surface area contributed by atoms with Crippen LogP contribution >= 0.6 is 11.6 Å². The van der Waals surface area contributed by atoms with Crippen molar-refractivity contribution in [2.24, 2.45) is 0 Å². The third-order valence-electron chi connectivity index (χ3n) is 5.03. The molecular weight excluding hydrogens is 395 g/mol. The fourth-order valence-corrected chi connectivity index (χ4v) is 3.81. The number of aliphatic hydroxyl groups excluding tert-OH is 1. The van der Waals surface area contributed by atoms with Gasteiger partial charge in [-0.15, -0.1) is 0 Å². The number of rotatable bonds is 4. The van der Waals surface area contributed by atoms with Gasteiger partial charge in [0.15, 0.2) is 0 Å². The van der Waals surface area contributed by atoms with E-state index in [1.807, 2.05) is 4.90 Å². The fourth-order valence-electron chi connectivity index (χ4n) is 3.54. The Morgan fingerprint density at radius 2 is 2.03 bits per heavy atom. The zero-order chi connectivity index (χ0) is 20.5. The van der Waals surface area contributed by atoms with Crippen molar-refractivity contribution in [1.29, 1.82) is 0 Å². The molecule has 29 heavy (non-hydrogen) atoms. The molecule has 2 N–H and O–H groups in total. The number of halogens is 2. The Labute approximate surface area is 173 Å². The summed E-state index contributed by atoms with van der Waals surface area (Å²) >= 11 is 6.29. The van der Waals surface area contributed by atoms with Crippen LogP contribution in [-0.4, -0.2) is 41.5 Å². The summed E-state index contributed by atoms with van der Waals surface area (Å²) in [6.45, 7) is 1.08. The van der Waals surface area contributed by atoms with Gasteiger partial charge in [-0.25, -0.2) is 9.37 Å². The lowest BCUT2D eigenvalue weighted by Gasteiger charge is -2.20. The number of nitrogens with zero attached hydrogens (tertiary/aromatic N) is 2. The van der Waals surface area contributed by atoms with Gasteiger partial charge in [-0.2, -0.15) is 0 Å². The molecule has 1 saturated heterocycles. The van der Waals surface area contributed by atoms with E-state index in [-0.39, 0.29) is 16.3 Å². The van der Waals surface area contributed by atoms with Crippen LogP contribution in [0.1, 0.15) is 6.42 Å². The first-order chi connectivity index (χ1) is 14.0. The number of phenolic OH excluding ortho intramolecular Hbond substituents is 1. The lowest BCUT2D eigenvalue weighted by molar-refractivity contribution is 0.198. The molecular formula is C22H20ClFN2O3. The maximum Gasteiger partial charge on any atom is 0.132 e. The van der Waals surface area contributed by atoms with Crippen molar-refractivity contribution in [3.05, 3.63) is 59.4 Å². The van der Waals surface area contributed by atoms with E-state index in [0.29, 0.717) is 47.9 Å². The standard InChI is InChI=1S/C22H20ClFN2O3/c1-29-15-5-6-16(20(28)11-15)19-9-13(22-17(23)3-2-4-18(22)24)10-21(25-19)26-8-7-14(27)12-26/h2-6,9-11,14,27-28H,7-8,12H2,1H3. The number of aromatic nitrogens is 1. The highest BCUT2D eigenvalue weighted by Crippen LogP contribution is 2.38. The average Bonchev–Trinajstić information content (AvgIpc) is 3.14. The molecule has 4 rings (SSSR count). The van der Waals surface area contributed by atoms with Crippen molar-refractivity contribution >= 4 is 17.4 Å². The molecule has 1 fully saturated rings. The second-order valence-electron chi connectivity index (χ2n) is 6.97. The second-order valence-corrected chi connectivity index (χ2v) is 7.37. The minimum Gasteiger partial charge on any atom is -0.507 e. The van der Waals surface area contributed by atoms with E-state index in [1.54, 1.807) is 36.4 Å². The highest BCUT2D eigenvalue weighted by Gasteiger charge is 2.23. The van der Waals surface area contributed by atoms with Gasteiger partial charge in [-0.05, 0) is 48.4 Å². The number of aromatic hydroxyl groups is 1. The first-order valence-electron chi connectivity index (χ1n) is 9.23. The summed E-state index contributed by atoms with van der Waals surface area (Å²) in [5, 5.41) is 20.7. The third kappa shape index (κ3) is 3.86.